The molecule has 8 heteroatoms. The van der Waals surface area contributed by atoms with Gasteiger partial charge in [0.2, 0.25) is 0 Å². The fourth-order valence-electron chi connectivity index (χ4n) is 1.83. The van der Waals surface area contributed by atoms with E-state index in [2.05, 4.69) is 5.32 Å². The molecular formula is C13H17F2N3O3. The number of nitro groups is 1. The van der Waals surface area contributed by atoms with Gasteiger partial charge in [0.1, 0.15) is 5.56 Å². The van der Waals surface area contributed by atoms with Crippen LogP contribution in [0, 0.1) is 21.7 Å². The summed E-state index contributed by atoms with van der Waals surface area (Å²) in [5, 5.41) is 13.3. The number of hydrogen-bond acceptors (Lipinski definition) is 4. The molecule has 0 fully saturated rings. The Morgan fingerprint density at radius 1 is 1.29 bits per heavy atom. The highest BCUT2D eigenvalue weighted by Gasteiger charge is 2.23. The molecule has 0 saturated carbocycles. The van der Waals surface area contributed by atoms with Crippen LogP contribution in [0.25, 0.3) is 0 Å². The van der Waals surface area contributed by atoms with Gasteiger partial charge in [-0.2, -0.15) is 0 Å². The van der Waals surface area contributed by atoms with Gasteiger partial charge in [-0.3, -0.25) is 14.9 Å². The molecule has 0 aromatic heterocycles. The predicted molar refractivity (Wildman–Crippen MR) is 73.1 cm³/mol. The summed E-state index contributed by atoms with van der Waals surface area (Å²) in [7, 11) is 0. The van der Waals surface area contributed by atoms with E-state index in [1.54, 1.807) is 0 Å². The first-order chi connectivity index (χ1) is 9.90. The second-order valence-corrected chi connectivity index (χ2v) is 4.32. The number of benzene rings is 1. The van der Waals surface area contributed by atoms with E-state index in [0.29, 0.717) is 18.7 Å². The molecule has 21 heavy (non-hydrogen) atoms. The molecule has 0 spiro atoms. The van der Waals surface area contributed by atoms with Crippen LogP contribution in [-0.4, -0.2) is 41.9 Å². The SMILES string of the molecule is CCN(CC)CCNC(=O)c1cc(F)c(F)cc1[N+](=O)[O-]. The zero-order valence-corrected chi connectivity index (χ0v) is 11.9. The molecule has 0 aliphatic carbocycles. The average Bonchev–Trinajstić information content (AvgIpc) is 2.45. The van der Waals surface area contributed by atoms with E-state index in [-0.39, 0.29) is 6.54 Å². The summed E-state index contributed by atoms with van der Waals surface area (Å²) in [5.74, 6) is -3.45. The van der Waals surface area contributed by atoms with Gasteiger partial charge in [0.15, 0.2) is 11.6 Å². The Bertz CT molecular complexity index is 534. The predicted octanol–water partition coefficient (Wildman–Crippen LogP) is 1.94. The third-order valence-electron chi connectivity index (χ3n) is 3.09. The molecule has 1 amide bonds. The van der Waals surface area contributed by atoms with Crippen LogP contribution in [0.5, 0.6) is 0 Å². The second-order valence-electron chi connectivity index (χ2n) is 4.32. The smallest absolute Gasteiger partial charge is 0.285 e. The number of carbonyl (C=O) groups is 1. The summed E-state index contributed by atoms with van der Waals surface area (Å²) in [6, 6.07) is 0.953. The lowest BCUT2D eigenvalue weighted by atomic mass is 10.1. The molecule has 116 valence electrons. The Labute approximate surface area is 120 Å². The molecule has 0 radical (unpaired) electrons. The lowest BCUT2D eigenvalue weighted by molar-refractivity contribution is -0.385. The first kappa shape index (κ1) is 17.0. The van der Waals surface area contributed by atoms with Crippen molar-refractivity contribution in [3.05, 3.63) is 39.4 Å². The maximum absolute atomic E-state index is 13.2. The van der Waals surface area contributed by atoms with Crippen molar-refractivity contribution in [3.63, 3.8) is 0 Å². The topological polar surface area (TPSA) is 75.5 Å². The molecule has 0 bridgehead atoms. The summed E-state index contributed by atoms with van der Waals surface area (Å²) in [6.07, 6.45) is 0. The lowest BCUT2D eigenvalue weighted by Crippen LogP contribution is -2.35. The molecular weight excluding hydrogens is 284 g/mol. The Balaban J connectivity index is 2.82. The van der Waals surface area contributed by atoms with Crippen molar-refractivity contribution in [2.24, 2.45) is 0 Å². The number of amides is 1. The lowest BCUT2D eigenvalue weighted by Gasteiger charge is -2.17. The monoisotopic (exact) mass is 301 g/mol. The van der Waals surface area contributed by atoms with Crippen LogP contribution in [0.4, 0.5) is 14.5 Å². The third kappa shape index (κ3) is 4.45. The first-order valence-corrected chi connectivity index (χ1v) is 6.54. The molecule has 1 aromatic rings. The minimum absolute atomic E-state index is 0.261. The van der Waals surface area contributed by atoms with Gasteiger partial charge >= 0.3 is 0 Å². The Kier molecular flexibility index (Phi) is 6.16. The minimum atomic E-state index is -1.36. The quantitative estimate of drug-likeness (QED) is 0.617. The van der Waals surface area contributed by atoms with E-state index in [4.69, 9.17) is 0 Å². The minimum Gasteiger partial charge on any atom is -0.351 e. The number of carbonyl (C=O) groups excluding carboxylic acids is 1. The number of hydrogen-bond donors (Lipinski definition) is 1. The molecule has 0 aliphatic rings. The van der Waals surface area contributed by atoms with Crippen molar-refractivity contribution in [1.82, 2.24) is 10.2 Å². The first-order valence-electron chi connectivity index (χ1n) is 6.54. The largest absolute Gasteiger partial charge is 0.351 e. The Morgan fingerprint density at radius 2 is 1.86 bits per heavy atom. The molecule has 1 aromatic carbocycles. The second kappa shape index (κ2) is 7.63. The molecule has 1 N–H and O–H groups in total. The summed E-state index contributed by atoms with van der Waals surface area (Å²) < 4.78 is 26.2. The molecule has 0 atom stereocenters. The van der Waals surface area contributed by atoms with Gasteiger partial charge in [0, 0.05) is 13.1 Å². The van der Waals surface area contributed by atoms with E-state index in [1.807, 2.05) is 18.7 Å². The fourth-order valence-corrected chi connectivity index (χ4v) is 1.83. The van der Waals surface area contributed by atoms with E-state index in [1.165, 1.54) is 0 Å². The van der Waals surface area contributed by atoms with Crippen LogP contribution >= 0.6 is 0 Å². The standard InChI is InChI=1S/C13H17F2N3O3/c1-3-17(4-2)6-5-16-13(19)9-7-10(14)11(15)8-12(9)18(20)21/h7-8H,3-6H2,1-2H3,(H,16,19). The van der Waals surface area contributed by atoms with Gasteiger partial charge in [-0.25, -0.2) is 8.78 Å². The van der Waals surface area contributed by atoms with Crippen LogP contribution in [0.2, 0.25) is 0 Å². The third-order valence-corrected chi connectivity index (χ3v) is 3.09. The van der Waals surface area contributed by atoms with Gasteiger partial charge in [-0.1, -0.05) is 13.8 Å². The van der Waals surface area contributed by atoms with Crippen molar-refractivity contribution in [2.45, 2.75) is 13.8 Å². The molecule has 6 nitrogen and oxygen atoms in total. The molecule has 0 aliphatic heterocycles. The summed E-state index contributed by atoms with van der Waals surface area (Å²) in [5.41, 5.74) is -1.24. The van der Waals surface area contributed by atoms with Crippen LogP contribution in [0.15, 0.2) is 12.1 Å². The zero-order valence-electron chi connectivity index (χ0n) is 11.9. The number of nitrogens with zero attached hydrogens (tertiary/aromatic N) is 2. The van der Waals surface area contributed by atoms with Crippen LogP contribution in [-0.2, 0) is 0 Å². The Morgan fingerprint density at radius 3 is 2.38 bits per heavy atom. The molecule has 0 saturated heterocycles. The highest BCUT2D eigenvalue weighted by molar-refractivity contribution is 5.98. The van der Waals surface area contributed by atoms with Crippen LogP contribution < -0.4 is 5.32 Å². The summed E-state index contributed by atoms with van der Waals surface area (Å²) >= 11 is 0. The maximum atomic E-state index is 13.2. The van der Waals surface area contributed by atoms with Gasteiger partial charge in [0.25, 0.3) is 11.6 Å². The highest BCUT2D eigenvalue weighted by Crippen LogP contribution is 2.22. The van der Waals surface area contributed by atoms with Crippen LogP contribution in [0.3, 0.4) is 0 Å². The number of nitrogens with one attached hydrogen (secondary N) is 1. The van der Waals surface area contributed by atoms with E-state index in [0.717, 1.165) is 13.1 Å². The molecule has 0 unspecified atom stereocenters. The van der Waals surface area contributed by atoms with Crippen molar-refractivity contribution >= 4 is 11.6 Å². The van der Waals surface area contributed by atoms with Crippen molar-refractivity contribution in [2.75, 3.05) is 26.2 Å². The summed E-state index contributed by atoms with van der Waals surface area (Å²) in [6.45, 7) is 6.36. The van der Waals surface area contributed by atoms with E-state index in [9.17, 15) is 23.7 Å². The number of likely N-dealkylation sites (N-methyl/N-ethyl adjacent to an activating group) is 1. The fraction of sp³-hybridized carbons (Fsp3) is 0.462. The highest BCUT2D eigenvalue weighted by atomic mass is 19.2. The van der Waals surface area contributed by atoms with E-state index >= 15 is 0 Å². The average molecular weight is 301 g/mol. The number of rotatable bonds is 7. The van der Waals surface area contributed by atoms with Gasteiger partial charge in [-0.05, 0) is 19.2 Å². The van der Waals surface area contributed by atoms with Crippen LogP contribution in [0.1, 0.15) is 24.2 Å². The van der Waals surface area contributed by atoms with E-state index < -0.39 is 33.7 Å². The van der Waals surface area contributed by atoms with Gasteiger partial charge in [0.05, 0.1) is 11.0 Å². The number of halogens is 2. The molecule has 0 heterocycles. The zero-order chi connectivity index (χ0) is 16.0. The molecule has 1 rings (SSSR count). The van der Waals surface area contributed by atoms with Crippen molar-refractivity contribution in [1.29, 1.82) is 0 Å². The van der Waals surface area contributed by atoms with Crippen molar-refractivity contribution < 1.29 is 18.5 Å². The Hall–Kier alpha value is -2.09. The van der Waals surface area contributed by atoms with Gasteiger partial charge in [-0.15, -0.1) is 0 Å². The van der Waals surface area contributed by atoms with Crippen molar-refractivity contribution in [3.8, 4) is 0 Å². The maximum Gasteiger partial charge on any atom is 0.285 e. The van der Waals surface area contributed by atoms with Gasteiger partial charge < -0.3 is 10.2 Å². The summed E-state index contributed by atoms with van der Waals surface area (Å²) in [4.78, 5) is 23.8. The normalized spacial score (nSPS) is 10.7. The number of nitro benzene ring substituents is 1.